The van der Waals surface area contributed by atoms with Crippen LogP contribution in [0.3, 0.4) is 0 Å². The van der Waals surface area contributed by atoms with Crippen molar-refractivity contribution in [1.82, 2.24) is 4.98 Å². The van der Waals surface area contributed by atoms with Crippen LogP contribution in [0.4, 0.5) is 5.69 Å². The summed E-state index contributed by atoms with van der Waals surface area (Å²) in [6, 6.07) is 19.2. The van der Waals surface area contributed by atoms with E-state index in [-0.39, 0.29) is 5.91 Å². The van der Waals surface area contributed by atoms with E-state index in [9.17, 15) is 4.79 Å². The van der Waals surface area contributed by atoms with Crippen LogP contribution in [-0.2, 0) is 11.4 Å². The van der Waals surface area contributed by atoms with Crippen molar-refractivity contribution in [2.75, 3.05) is 11.5 Å². The summed E-state index contributed by atoms with van der Waals surface area (Å²) >= 11 is 6.69. The van der Waals surface area contributed by atoms with Crippen LogP contribution in [-0.4, -0.2) is 21.8 Å². The van der Waals surface area contributed by atoms with E-state index in [1.165, 1.54) is 16.7 Å². The van der Waals surface area contributed by atoms with Crippen molar-refractivity contribution in [3.8, 4) is 11.5 Å². The molecule has 2 aromatic carbocycles. The average Bonchev–Trinajstić information content (AvgIpc) is 3.07. The number of amides is 1. The fraction of sp³-hybridized carbons (Fsp3) is 0.125. The molecule has 0 atom stereocenters. The Morgan fingerprint density at radius 3 is 2.65 bits per heavy atom. The van der Waals surface area contributed by atoms with Crippen LogP contribution in [0.15, 0.2) is 78.0 Å². The molecule has 1 amide bonds. The normalized spacial score (nSPS) is 14.9. The minimum absolute atomic E-state index is 0.162. The first-order chi connectivity index (χ1) is 15.2. The van der Waals surface area contributed by atoms with Gasteiger partial charge in [0.1, 0.15) is 6.61 Å². The zero-order chi connectivity index (χ0) is 21.6. The Morgan fingerprint density at radius 2 is 1.90 bits per heavy atom. The van der Waals surface area contributed by atoms with Crippen molar-refractivity contribution in [1.29, 1.82) is 0 Å². The lowest BCUT2D eigenvalue weighted by Gasteiger charge is -2.13. The van der Waals surface area contributed by atoms with Crippen LogP contribution >= 0.6 is 24.0 Å². The highest BCUT2D eigenvalue weighted by atomic mass is 32.2. The minimum atomic E-state index is -0.162. The number of anilines is 1. The van der Waals surface area contributed by atoms with Gasteiger partial charge in [0.2, 0.25) is 0 Å². The number of benzene rings is 2. The molecule has 0 N–H and O–H groups in total. The van der Waals surface area contributed by atoms with Gasteiger partial charge in [-0.15, -0.1) is 0 Å². The van der Waals surface area contributed by atoms with E-state index in [4.69, 9.17) is 21.7 Å². The molecule has 1 aromatic heterocycles. The summed E-state index contributed by atoms with van der Waals surface area (Å²) < 4.78 is 12.2. The third kappa shape index (κ3) is 4.95. The molecule has 31 heavy (non-hydrogen) atoms. The fourth-order valence-corrected chi connectivity index (χ4v) is 4.36. The van der Waals surface area contributed by atoms with Crippen molar-refractivity contribution >= 4 is 46.0 Å². The van der Waals surface area contributed by atoms with Gasteiger partial charge in [0, 0.05) is 6.20 Å². The molecule has 5 nitrogen and oxygen atoms in total. The molecule has 0 aliphatic carbocycles. The number of carbonyl (C=O) groups is 1. The molecule has 156 valence electrons. The summed E-state index contributed by atoms with van der Waals surface area (Å²) in [5, 5.41) is 0. The molecule has 2 heterocycles. The number of thiocarbonyl (C=S) groups is 1. The third-order valence-electron chi connectivity index (χ3n) is 4.50. The maximum atomic E-state index is 12.9. The zero-order valence-corrected chi connectivity index (χ0v) is 18.5. The molecule has 0 bridgehead atoms. The zero-order valence-electron chi connectivity index (χ0n) is 16.9. The molecule has 0 saturated carbocycles. The van der Waals surface area contributed by atoms with Gasteiger partial charge in [-0.3, -0.25) is 14.7 Å². The highest BCUT2D eigenvalue weighted by molar-refractivity contribution is 8.27. The van der Waals surface area contributed by atoms with Crippen LogP contribution in [0, 0.1) is 0 Å². The average molecular weight is 449 g/mol. The number of carbonyl (C=O) groups excluding carboxylic acids is 1. The Hall–Kier alpha value is -3.16. The lowest BCUT2D eigenvalue weighted by Crippen LogP contribution is -2.27. The van der Waals surface area contributed by atoms with E-state index < -0.39 is 0 Å². The van der Waals surface area contributed by atoms with Gasteiger partial charge >= 0.3 is 0 Å². The van der Waals surface area contributed by atoms with E-state index in [0.29, 0.717) is 39.6 Å². The molecular weight excluding hydrogens is 428 g/mol. The molecule has 1 aliphatic rings. The quantitative estimate of drug-likeness (QED) is 0.353. The highest BCUT2D eigenvalue weighted by Crippen LogP contribution is 2.37. The minimum Gasteiger partial charge on any atom is -0.490 e. The van der Waals surface area contributed by atoms with Gasteiger partial charge in [-0.2, -0.15) is 0 Å². The van der Waals surface area contributed by atoms with Gasteiger partial charge in [-0.1, -0.05) is 60.4 Å². The van der Waals surface area contributed by atoms with E-state index in [2.05, 4.69) is 4.98 Å². The number of pyridine rings is 1. The summed E-state index contributed by atoms with van der Waals surface area (Å²) in [5.41, 5.74) is 2.57. The Bertz CT molecular complexity index is 1120. The summed E-state index contributed by atoms with van der Waals surface area (Å²) in [6.45, 7) is 2.88. The summed E-state index contributed by atoms with van der Waals surface area (Å²) in [7, 11) is 0. The van der Waals surface area contributed by atoms with Crippen LogP contribution in [0.25, 0.3) is 6.08 Å². The van der Waals surface area contributed by atoms with Gasteiger partial charge in [0.05, 0.1) is 23.4 Å². The van der Waals surface area contributed by atoms with Crippen molar-refractivity contribution in [2.24, 2.45) is 0 Å². The molecule has 7 heteroatoms. The molecule has 0 unspecified atom stereocenters. The number of rotatable bonds is 7. The smallest absolute Gasteiger partial charge is 0.270 e. The molecule has 4 rings (SSSR count). The van der Waals surface area contributed by atoms with Crippen molar-refractivity contribution in [3.63, 3.8) is 0 Å². The first-order valence-corrected chi connectivity index (χ1v) is 11.0. The second-order valence-corrected chi connectivity index (χ2v) is 8.32. The monoisotopic (exact) mass is 448 g/mol. The lowest BCUT2D eigenvalue weighted by molar-refractivity contribution is -0.113. The van der Waals surface area contributed by atoms with Crippen LogP contribution in [0.1, 0.15) is 18.1 Å². The van der Waals surface area contributed by atoms with Crippen molar-refractivity contribution in [2.45, 2.75) is 13.5 Å². The molecule has 1 fully saturated rings. The first-order valence-electron chi connectivity index (χ1n) is 9.77. The summed E-state index contributed by atoms with van der Waals surface area (Å²) in [6.07, 6.45) is 5.10. The number of thioether (sulfide) groups is 1. The number of hydrogen-bond donors (Lipinski definition) is 0. The Kier molecular flexibility index (Phi) is 6.64. The molecule has 1 aliphatic heterocycles. The number of hydrogen-bond acceptors (Lipinski definition) is 6. The molecule has 1 saturated heterocycles. The molecule has 0 radical (unpaired) electrons. The lowest BCUT2D eigenvalue weighted by atomic mass is 10.1. The predicted octanol–water partition coefficient (Wildman–Crippen LogP) is 5.47. The molecular formula is C24H20N2O3S2. The van der Waals surface area contributed by atoms with Crippen molar-refractivity contribution < 1.29 is 14.3 Å². The van der Waals surface area contributed by atoms with Crippen molar-refractivity contribution in [3.05, 3.63) is 89.1 Å². The van der Waals surface area contributed by atoms with E-state index in [1.807, 2.05) is 67.6 Å². The summed E-state index contributed by atoms with van der Waals surface area (Å²) in [4.78, 5) is 19.0. The van der Waals surface area contributed by atoms with Gasteiger partial charge in [0.15, 0.2) is 15.8 Å². The van der Waals surface area contributed by atoms with Gasteiger partial charge in [-0.05, 0) is 48.4 Å². The van der Waals surface area contributed by atoms with Crippen LogP contribution in [0.2, 0.25) is 0 Å². The molecule has 3 aromatic rings. The third-order valence-corrected chi connectivity index (χ3v) is 5.80. The Morgan fingerprint density at radius 1 is 1.06 bits per heavy atom. The highest BCUT2D eigenvalue weighted by Gasteiger charge is 2.33. The topological polar surface area (TPSA) is 51.7 Å². The Labute approximate surface area is 190 Å². The predicted molar refractivity (Wildman–Crippen MR) is 128 cm³/mol. The van der Waals surface area contributed by atoms with Gasteiger partial charge in [-0.25, -0.2) is 0 Å². The number of nitrogens with zero attached hydrogens (tertiary/aromatic N) is 2. The van der Waals surface area contributed by atoms with E-state index in [1.54, 1.807) is 18.5 Å². The standard InChI is InChI=1S/C24H20N2O3S2/c1-2-28-21-13-18(10-11-20(21)29-16-17-7-4-3-5-8-17)14-22-23(27)26(24(30)31-22)19-9-6-12-25-15-19/h3-15H,2,16H2,1H3/b22-14-. The van der Waals surface area contributed by atoms with E-state index in [0.717, 1.165) is 11.1 Å². The van der Waals surface area contributed by atoms with Crippen LogP contribution in [0.5, 0.6) is 11.5 Å². The summed E-state index contributed by atoms with van der Waals surface area (Å²) in [5.74, 6) is 1.13. The fourth-order valence-electron chi connectivity index (χ4n) is 3.07. The largest absolute Gasteiger partial charge is 0.490 e. The number of aromatic nitrogens is 1. The van der Waals surface area contributed by atoms with Gasteiger partial charge < -0.3 is 9.47 Å². The number of ether oxygens (including phenoxy) is 2. The second-order valence-electron chi connectivity index (χ2n) is 6.64. The van der Waals surface area contributed by atoms with E-state index >= 15 is 0 Å². The maximum absolute atomic E-state index is 12.9. The first kappa shape index (κ1) is 21.1. The van der Waals surface area contributed by atoms with Gasteiger partial charge in [0.25, 0.3) is 5.91 Å². The second kappa shape index (κ2) is 9.76. The maximum Gasteiger partial charge on any atom is 0.270 e. The SMILES string of the molecule is CCOc1cc(/C=C2\SC(=S)N(c3cccnc3)C2=O)ccc1OCc1ccccc1. The Balaban J connectivity index is 1.55. The molecule has 0 spiro atoms. The van der Waals surface area contributed by atoms with Crippen LogP contribution < -0.4 is 14.4 Å².